The summed E-state index contributed by atoms with van der Waals surface area (Å²) in [4.78, 5) is 29.0. The Balaban J connectivity index is 2.02. The average molecular weight is 308 g/mol. The Hall–Kier alpha value is -1.23. The van der Waals surface area contributed by atoms with E-state index in [2.05, 4.69) is 17.2 Å². The number of aryl methyl sites for hydroxylation is 1. The number of aromatic nitrogens is 1. The van der Waals surface area contributed by atoms with Crippen molar-refractivity contribution in [3.8, 4) is 0 Å². The molecule has 1 aliphatic carbocycles. The number of carbonyl (C=O) groups excluding carboxylic acids is 2. The van der Waals surface area contributed by atoms with Crippen LogP contribution in [-0.2, 0) is 22.4 Å². The molecule has 0 aromatic carbocycles. The van der Waals surface area contributed by atoms with Crippen molar-refractivity contribution in [2.75, 3.05) is 0 Å². The molecule has 0 bridgehead atoms. The third kappa shape index (κ3) is 3.90. The van der Waals surface area contributed by atoms with E-state index >= 15 is 0 Å². The van der Waals surface area contributed by atoms with Gasteiger partial charge in [0.2, 0.25) is 5.91 Å². The maximum atomic E-state index is 12.3. The predicted octanol–water partition coefficient (Wildman–Crippen LogP) is 3.05. The lowest BCUT2D eigenvalue weighted by Gasteiger charge is -2.36. The number of nitrogens with zero attached hydrogens (tertiary/aromatic N) is 1. The van der Waals surface area contributed by atoms with Crippen molar-refractivity contribution in [2.45, 2.75) is 70.8 Å². The zero-order valence-electron chi connectivity index (χ0n) is 12.9. The van der Waals surface area contributed by atoms with Gasteiger partial charge in [-0.05, 0) is 19.3 Å². The second-order valence-electron chi connectivity index (χ2n) is 5.73. The van der Waals surface area contributed by atoms with E-state index in [1.54, 1.807) is 11.3 Å². The van der Waals surface area contributed by atoms with Crippen LogP contribution in [0.5, 0.6) is 0 Å². The second-order valence-corrected chi connectivity index (χ2v) is 6.67. The van der Waals surface area contributed by atoms with Crippen LogP contribution < -0.4 is 5.32 Å². The van der Waals surface area contributed by atoms with Crippen molar-refractivity contribution in [3.63, 3.8) is 0 Å². The average Bonchev–Trinajstić information content (AvgIpc) is 2.94. The lowest BCUT2D eigenvalue weighted by molar-refractivity contribution is -0.133. The highest BCUT2D eigenvalue weighted by Gasteiger charge is 2.39. The van der Waals surface area contributed by atoms with Gasteiger partial charge < -0.3 is 5.32 Å². The number of nitrogens with one attached hydrogen (secondary N) is 1. The molecule has 0 atom stereocenters. The zero-order chi connectivity index (χ0) is 15.3. The van der Waals surface area contributed by atoms with Gasteiger partial charge in [0.15, 0.2) is 5.78 Å². The van der Waals surface area contributed by atoms with E-state index in [9.17, 15) is 9.59 Å². The van der Waals surface area contributed by atoms with E-state index in [0.717, 1.165) is 49.2 Å². The van der Waals surface area contributed by atoms with Crippen molar-refractivity contribution in [1.82, 2.24) is 10.3 Å². The third-order valence-electron chi connectivity index (χ3n) is 4.18. The van der Waals surface area contributed by atoms with Crippen LogP contribution >= 0.6 is 11.3 Å². The highest BCUT2D eigenvalue weighted by Crippen LogP contribution is 2.30. The first kappa shape index (κ1) is 16.1. The summed E-state index contributed by atoms with van der Waals surface area (Å²) in [7, 11) is 0. The summed E-state index contributed by atoms with van der Waals surface area (Å²) < 4.78 is 0. The smallest absolute Gasteiger partial charge is 0.226 e. The molecule has 1 N–H and O–H groups in total. The molecule has 0 aliphatic heterocycles. The minimum Gasteiger partial charge on any atom is -0.343 e. The van der Waals surface area contributed by atoms with Gasteiger partial charge in [-0.2, -0.15) is 0 Å². The molecule has 116 valence electrons. The van der Waals surface area contributed by atoms with Gasteiger partial charge in [0, 0.05) is 11.8 Å². The number of hydrogen-bond acceptors (Lipinski definition) is 4. The molecule has 0 radical (unpaired) electrons. The van der Waals surface area contributed by atoms with Crippen molar-refractivity contribution in [1.29, 1.82) is 0 Å². The Kier molecular flexibility index (Phi) is 5.51. The second kappa shape index (κ2) is 7.16. The zero-order valence-corrected chi connectivity index (χ0v) is 13.7. The summed E-state index contributed by atoms with van der Waals surface area (Å²) in [5.41, 5.74) is 0.192. The van der Waals surface area contributed by atoms with Crippen LogP contribution in [0.3, 0.4) is 0 Å². The van der Waals surface area contributed by atoms with E-state index in [0.29, 0.717) is 6.42 Å². The number of amides is 1. The van der Waals surface area contributed by atoms with Crippen LogP contribution in [0.15, 0.2) is 5.38 Å². The molecule has 0 saturated heterocycles. The van der Waals surface area contributed by atoms with Gasteiger partial charge in [0.05, 0.1) is 22.7 Å². The summed E-state index contributed by atoms with van der Waals surface area (Å²) in [6.07, 6.45) is 6.40. The molecule has 0 unspecified atom stereocenters. The maximum Gasteiger partial charge on any atom is 0.226 e. The lowest BCUT2D eigenvalue weighted by Crippen LogP contribution is -2.55. The summed E-state index contributed by atoms with van der Waals surface area (Å²) in [6, 6.07) is 0. The van der Waals surface area contributed by atoms with Crippen molar-refractivity contribution < 1.29 is 9.59 Å². The Morgan fingerprint density at radius 3 is 2.57 bits per heavy atom. The number of carbonyl (C=O) groups is 2. The number of Topliss-reactive ketones (excluding diaryl/α,β-unsaturated/α-hetero) is 1. The fourth-order valence-corrected chi connectivity index (χ4v) is 3.78. The molecule has 0 spiro atoms. The van der Waals surface area contributed by atoms with Crippen LogP contribution in [0.25, 0.3) is 0 Å². The van der Waals surface area contributed by atoms with E-state index in [-0.39, 0.29) is 18.1 Å². The minimum absolute atomic E-state index is 0.0772. The third-order valence-corrected chi connectivity index (χ3v) is 5.23. The number of thiazole rings is 1. The lowest BCUT2D eigenvalue weighted by atomic mass is 9.77. The van der Waals surface area contributed by atoms with Gasteiger partial charge in [0.1, 0.15) is 0 Å². The SMILES string of the molecule is CCC(=O)C1(NC(=O)Cc2csc(CC)n2)CCCCC1. The molecular formula is C16H24N2O2S. The number of rotatable bonds is 6. The van der Waals surface area contributed by atoms with Gasteiger partial charge in [-0.15, -0.1) is 11.3 Å². The van der Waals surface area contributed by atoms with Crippen LogP contribution in [0.1, 0.15) is 63.1 Å². The van der Waals surface area contributed by atoms with Crippen molar-refractivity contribution >= 4 is 23.0 Å². The van der Waals surface area contributed by atoms with Crippen LogP contribution in [0, 0.1) is 0 Å². The van der Waals surface area contributed by atoms with Gasteiger partial charge in [-0.25, -0.2) is 4.98 Å². The van der Waals surface area contributed by atoms with E-state index < -0.39 is 5.54 Å². The standard InChI is InChI=1S/C16H24N2O2S/c1-3-13(19)16(8-6-5-7-9-16)18-14(20)10-12-11-21-15(4-2)17-12/h11H,3-10H2,1-2H3,(H,18,20). The molecule has 4 nitrogen and oxygen atoms in total. The first-order valence-corrected chi connectivity index (χ1v) is 8.75. The quantitative estimate of drug-likeness (QED) is 0.878. The van der Waals surface area contributed by atoms with Crippen LogP contribution in [-0.4, -0.2) is 22.2 Å². The largest absolute Gasteiger partial charge is 0.343 e. The Labute approximate surface area is 130 Å². The number of ketones is 1. The first-order chi connectivity index (χ1) is 10.1. The Morgan fingerprint density at radius 2 is 2.00 bits per heavy atom. The Bertz CT molecular complexity index is 504. The summed E-state index contributed by atoms with van der Waals surface area (Å²) in [5.74, 6) is 0.0923. The van der Waals surface area contributed by atoms with Gasteiger partial charge in [-0.3, -0.25) is 9.59 Å². The molecule has 1 amide bonds. The summed E-state index contributed by atoms with van der Waals surface area (Å²) >= 11 is 1.59. The monoisotopic (exact) mass is 308 g/mol. The normalized spacial score (nSPS) is 17.4. The molecule has 2 rings (SSSR count). The van der Waals surface area contributed by atoms with Crippen molar-refractivity contribution in [2.24, 2.45) is 0 Å². The predicted molar refractivity (Wildman–Crippen MR) is 84.5 cm³/mol. The van der Waals surface area contributed by atoms with Gasteiger partial charge in [-0.1, -0.05) is 33.1 Å². The van der Waals surface area contributed by atoms with E-state index in [1.165, 1.54) is 0 Å². The van der Waals surface area contributed by atoms with E-state index in [1.807, 2.05) is 12.3 Å². The molecule has 1 aromatic rings. The summed E-state index contributed by atoms with van der Waals surface area (Å²) in [5, 5.41) is 6.02. The van der Waals surface area contributed by atoms with Crippen LogP contribution in [0.2, 0.25) is 0 Å². The fourth-order valence-electron chi connectivity index (χ4n) is 3.04. The molecule has 1 fully saturated rings. The molecular weight excluding hydrogens is 284 g/mol. The fraction of sp³-hybridized carbons (Fsp3) is 0.688. The molecule has 1 heterocycles. The van der Waals surface area contributed by atoms with E-state index in [4.69, 9.17) is 0 Å². The Morgan fingerprint density at radius 1 is 1.29 bits per heavy atom. The van der Waals surface area contributed by atoms with Crippen LogP contribution in [0.4, 0.5) is 0 Å². The first-order valence-electron chi connectivity index (χ1n) is 7.87. The maximum absolute atomic E-state index is 12.3. The van der Waals surface area contributed by atoms with Crippen molar-refractivity contribution in [3.05, 3.63) is 16.1 Å². The number of hydrogen-bond donors (Lipinski definition) is 1. The molecule has 1 saturated carbocycles. The molecule has 1 aliphatic rings. The topological polar surface area (TPSA) is 59.1 Å². The highest BCUT2D eigenvalue weighted by molar-refractivity contribution is 7.09. The molecule has 1 aromatic heterocycles. The minimum atomic E-state index is -0.617. The molecule has 5 heteroatoms. The summed E-state index contributed by atoms with van der Waals surface area (Å²) in [6.45, 7) is 3.93. The van der Waals surface area contributed by atoms with Gasteiger partial charge in [0.25, 0.3) is 0 Å². The highest BCUT2D eigenvalue weighted by atomic mass is 32.1. The molecule has 21 heavy (non-hydrogen) atoms. The van der Waals surface area contributed by atoms with Gasteiger partial charge >= 0.3 is 0 Å².